The van der Waals surface area contributed by atoms with Gasteiger partial charge < -0.3 is 10.1 Å². The highest BCUT2D eigenvalue weighted by Gasteiger charge is 2.25. The molecule has 0 aromatic heterocycles. The van der Waals surface area contributed by atoms with Crippen LogP contribution in [0.25, 0.3) is 0 Å². The standard InChI is InChI=1S/C13H19NO3S/c1-10-3-4-13(17-2)12(5-10)9-18(15,16)8-11-6-14-7-11/h3-5,11,14H,6-9H2,1-2H3. The topological polar surface area (TPSA) is 55.4 Å². The van der Waals surface area contributed by atoms with Crippen LogP contribution in [0, 0.1) is 12.8 Å². The van der Waals surface area contributed by atoms with Crippen molar-refractivity contribution in [1.82, 2.24) is 5.32 Å². The van der Waals surface area contributed by atoms with Gasteiger partial charge in [0.2, 0.25) is 0 Å². The predicted octanol–water partition coefficient (Wildman–Crippen LogP) is 1.14. The van der Waals surface area contributed by atoms with Crippen LogP contribution < -0.4 is 10.1 Å². The lowest BCUT2D eigenvalue weighted by Crippen LogP contribution is -2.45. The summed E-state index contributed by atoms with van der Waals surface area (Å²) in [6.07, 6.45) is 0. The van der Waals surface area contributed by atoms with Crippen LogP contribution in [0.1, 0.15) is 11.1 Å². The number of rotatable bonds is 5. The zero-order chi connectivity index (χ0) is 13.2. The summed E-state index contributed by atoms with van der Waals surface area (Å²) in [5, 5.41) is 3.09. The van der Waals surface area contributed by atoms with E-state index in [9.17, 15) is 8.42 Å². The first-order valence-corrected chi connectivity index (χ1v) is 7.87. The molecule has 0 spiro atoms. The van der Waals surface area contributed by atoms with Crippen molar-refractivity contribution in [2.75, 3.05) is 26.0 Å². The highest BCUT2D eigenvalue weighted by atomic mass is 32.2. The molecule has 5 heteroatoms. The number of sulfone groups is 1. The zero-order valence-electron chi connectivity index (χ0n) is 10.8. The molecule has 0 saturated carbocycles. The lowest BCUT2D eigenvalue weighted by Gasteiger charge is -2.26. The quantitative estimate of drug-likeness (QED) is 0.871. The van der Waals surface area contributed by atoms with Crippen LogP contribution in [-0.4, -0.2) is 34.4 Å². The SMILES string of the molecule is COc1ccc(C)cc1CS(=O)(=O)CC1CNC1. The minimum Gasteiger partial charge on any atom is -0.496 e. The molecule has 100 valence electrons. The molecular formula is C13H19NO3S. The smallest absolute Gasteiger partial charge is 0.154 e. The molecule has 1 saturated heterocycles. The summed E-state index contributed by atoms with van der Waals surface area (Å²) in [6, 6.07) is 5.63. The van der Waals surface area contributed by atoms with Crippen molar-refractivity contribution in [1.29, 1.82) is 0 Å². The fraction of sp³-hybridized carbons (Fsp3) is 0.538. The second-order valence-corrected chi connectivity index (χ2v) is 7.00. The number of hydrogen-bond acceptors (Lipinski definition) is 4. The van der Waals surface area contributed by atoms with Gasteiger partial charge in [-0.25, -0.2) is 8.42 Å². The molecule has 1 aromatic carbocycles. The van der Waals surface area contributed by atoms with Crippen LogP contribution >= 0.6 is 0 Å². The monoisotopic (exact) mass is 269 g/mol. The molecule has 1 aliphatic heterocycles. The van der Waals surface area contributed by atoms with Crippen LogP contribution in [0.4, 0.5) is 0 Å². The third-order valence-corrected chi connectivity index (χ3v) is 4.90. The molecular weight excluding hydrogens is 250 g/mol. The molecule has 2 rings (SSSR count). The Morgan fingerprint density at radius 1 is 1.39 bits per heavy atom. The van der Waals surface area contributed by atoms with Crippen LogP contribution in [0.2, 0.25) is 0 Å². The van der Waals surface area contributed by atoms with Gasteiger partial charge in [0.05, 0.1) is 18.6 Å². The van der Waals surface area contributed by atoms with Gasteiger partial charge in [0.1, 0.15) is 5.75 Å². The Morgan fingerprint density at radius 3 is 2.67 bits per heavy atom. The van der Waals surface area contributed by atoms with Crippen molar-refractivity contribution in [2.45, 2.75) is 12.7 Å². The van der Waals surface area contributed by atoms with Crippen LogP contribution in [0.3, 0.4) is 0 Å². The van der Waals surface area contributed by atoms with Crippen molar-refractivity contribution in [3.05, 3.63) is 29.3 Å². The Balaban J connectivity index is 2.14. The summed E-state index contributed by atoms with van der Waals surface area (Å²) in [5.74, 6) is 1.24. The van der Waals surface area contributed by atoms with Crippen LogP contribution in [0.5, 0.6) is 5.75 Å². The first-order chi connectivity index (χ1) is 8.50. The van der Waals surface area contributed by atoms with E-state index in [-0.39, 0.29) is 17.4 Å². The van der Waals surface area contributed by atoms with Crippen molar-refractivity contribution in [3.63, 3.8) is 0 Å². The Kier molecular flexibility index (Phi) is 3.92. The number of hydrogen-bond donors (Lipinski definition) is 1. The van der Waals surface area contributed by atoms with Crippen molar-refractivity contribution in [3.8, 4) is 5.75 Å². The van der Waals surface area contributed by atoms with Gasteiger partial charge in [-0.1, -0.05) is 17.7 Å². The maximum absolute atomic E-state index is 12.1. The molecule has 0 radical (unpaired) electrons. The summed E-state index contributed by atoms with van der Waals surface area (Å²) < 4.78 is 29.4. The summed E-state index contributed by atoms with van der Waals surface area (Å²) >= 11 is 0. The second kappa shape index (κ2) is 5.28. The molecule has 0 bridgehead atoms. The highest BCUT2D eigenvalue weighted by molar-refractivity contribution is 7.90. The Bertz CT molecular complexity index is 521. The lowest BCUT2D eigenvalue weighted by atomic mass is 10.1. The Morgan fingerprint density at radius 2 is 2.11 bits per heavy atom. The molecule has 1 N–H and O–H groups in total. The maximum Gasteiger partial charge on any atom is 0.154 e. The maximum atomic E-state index is 12.1. The predicted molar refractivity (Wildman–Crippen MR) is 71.6 cm³/mol. The van der Waals surface area contributed by atoms with Gasteiger partial charge >= 0.3 is 0 Å². The van der Waals surface area contributed by atoms with E-state index < -0.39 is 9.84 Å². The average molecular weight is 269 g/mol. The number of benzene rings is 1. The van der Waals surface area contributed by atoms with E-state index in [4.69, 9.17) is 4.74 Å². The molecule has 0 amide bonds. The first kappa shape index (κ1) is 13.4. The number of ether oxygens (including phenoxy) is 1. The first-order valence-electron chi connectivity index (χ1n) is 6.05. The number of aryl methyl sites for hydroxylation is 1. The van der Waals surface area contributed by atoms with Gasteiger partial charge in [-0.2, -0.15) is 0 Å². The van der Waals surface area contributed by atoms with Crippen molar-refractivity contribution < 1.29 is 13.2 Å². The van der Waals surface area contributed by atoms with Crippen LogP contribution in [0.15, 0.2) is 18.2 Å². The molecule has 18 heavy (non-hydrogen) atoms. The largest absolute Gasteiger partial charge is 0.496 e. The molecule has 1 heterocycles. The molecule has 1 aromatic rings. The van der Waals surface area contributed by atoms with E-state index >= 15 is 0 Å². The van der Waals surface area contributed by atoms with Gasteiger partial charge in [0, 0.05) is 18.7 Å². The normalized spacial score (nSPS) is 16.3. The zero-order valence-corrected chi connectivity index (χ0v) is 11.6. The van der Waals surface area contributed by atoms with E-state index in [1.807, 2.05) is 25.1 Å². The summed E-state index contributed by atoms with van der Waals surface area (Å²) in [5.41, 5.74) is 1.80. The molecule has 0 unspecified atom stereocenters. The Labute approximate surface area is 108 Å². The van der Waals surface area contributed by atoms with Crippen molar-refractivity contribution in [2.24, 2.45) is 5.92 Å². The van der Waals surface area contributed by atoms with Gasteiger partial charge in [-0.05, 0) is 18.9 Å². The molecule has 4 nitrogen and oxygen atoms in total. The van der Waals surface area contributed by atoms with E-state index in [0.29, 0.717) is 5.75 Å². The summed E-state index contributed by atoms with van der Waals surface area (Å²) in [4.78, 5) is 0. The summed E-state index contributed by atoms with van der Waals surface area (Å²) in [6.45, 7) is 3.57. The molecule has 0 atom stereocenters. The summed E-state index contributed by atoms with van der Waals surface area (Å²) in [7, 11) is -1.50. The molecule has 1 fully saturated rings. The number of methoxy groups -OCH3 is 1. The fourth-order valence-electron chi connectivity index (χ4n) is 2.14. The fourth-order valence-corrected chi connectivity index (χ4v) is 3.91. The lowest BCUT2D eigenvalue weighted by molar-refractivity contribution is 0.378. The van der Waals surface area contributed by atoms with E-state index in [2.05, 4.69) is 5.32 Å². The average Bonchev–Trinajstić information content (AvgIpc) is 2.24. The minimum atomic E-state index is -3.06. The highest BCUT2D eigenvalue weighted by Crippen LogP contribution is 2.23. The van der Waals surface area contributed by atoms with Crippen LogP contribution in [-0.2, 0) is 15.6 Å². The number of nitrogens with one attached hydrogen (secondary N) is 1. The van der Waals surface area contributed by atoms with Crippen molar-refractivity contribution >= 4 is 9.84 Å². The van der Waals surface area contributed by atoms with Gasteiger partial charge in [0.15, 0.2) is 9.84 Å². The van der Waals surface area contributed by atoms with E-state index in [1.54, 1.807) is 7.11 Å². The minimum absolute atomic E-state index is 0.0638. The van der Waals surface area contributed by atoms with Gasteiger partial charge in [-0.15, -0.1) is 0 Å². The Hall–Kier alpha value is -1.07. The van der Waals surface area contributed by atoms with E-state index in [1.165, 1.54) is 0 Å². The molecule has 0 aliphatic carbocycles. The third-order valence-electron chi connectivity index (χ3n) is 3.17. The third kappa shape index (κ3) is 3.23. The second-order valence-electron chi connectivity index (χ2n) is 4.89. The van der Waals surface area contributed by atoms with Gasteiger partial charge in [0.25, 0.3) is 0 Å². The van der Waals surface area contributed by atoms with Gasteiger partial charge in [-0.3, -0.25) is 0 Å². The molecule has 1 aliphatic rings. The van der Waals surface area contributed by atoms with E-state index in [0.717, 1.165) is 24.2 Å².